The van der Waals surface area contributed by atoms with Gasteiger partial charge in [-0.3, -0.25) is 14.4 Å². The van der Waals surface area contributed by atoms with Crippen molar-refractivity contribution in [1.82, 2.24) is 35.0 Å². The van der Waals surface area contributed by atoms with Crippen molar-refractivity contribution >= 4 is 46.2 Å². The number of alkyl carbamates (subject to hydrolysis) is 1. The number of anilines is 1. The summed E-state index contributed by atoms with van der Waals surface area (Å²) in [5.41, 5.74) is 5.17. The van der Waals surface area contributed by atoms with E-state index in [0.29, 0.717) is 81.8 Å². The van der Waals surface area contributed by atoms with Crippen molar-refractivity contribution in [2.75, 3.05) is 50.7 Å². The Morgan fingerprint density at radius 2 is 1.82 bits per heavy atom. The van der Waals surface area contributed by atoms with Crippen LogP contribution in [0.25, 0.3) is 10.9 Å². The number of piperazine rings is 1. The maximum atomic E-state index is 14.1. The zero-order valence-electron chi connectivity index (χ0n) is 38.9. The van der Waals surface area contributed by atoms with Crippen molar-refractivity contribution in [3.05, 3.63) is 86.4 Å². The van der Waals surface area contributed by atoms with Crippen molar-refractivity contribution in [3.63, 3.8) is 0 Å². The molecule has 3 N–H and O–H groups in total. The Hall–Kier alpha value is -6.28. The lowest BCUT2D eigenvalue weighted by Crippen LogP contribution is -2.53. The quantitative estimate of drug-likeness (QED) is 0.0958. The van der Waals surface area contributed by atoms with E-state index in [2.05, 4.69) is 83.2 Å². The topological polar surface area (TPSA) is 212 Å². The molecule has 0 radical (unpaired) electrons. The zero-order valence-corrected chi connectivity index (χ0v) is 38.9. The van der Waals surface area contributed by atoms with Gasteiger partial charge in [0.2, 0.25) is 11.8 Å². The van der Waals surface area contributed by atoms with Gasteiger partial charge in [-0.25, -0.2) is 9.36 Å². The van der Waals surface area contributed by atoms with Crippen LogP contribution < -0.4 is 15.5 Å². The molecule has 0 spiro atoms. The number of nitrogens with zero attached hydrogens (tertiary/aromatic N) is 7. The molecule has 3 amide bonds. The first-order chi connectivity index (χ1) is 30.7. The number of carbonyl (C=O) groups is 4. The number of H-pyrrole nitrogens is 1. The molecule has 2 aromatic heterocycles. The Morgan fingerprint density at radius 3 is 2.49 bits per heavy atom. The van der Waals surface area contributed by atoms with Crippen LogP contribution in [0.4, 0.5) is 16.4 Å². The molecule has 2 aliphatic heterocycles. The largest absolute Gasteiger partial charge is 0.444 e. The molecule has 2 atom stereocenters. The van der Waals surface area contributed by atoms with E-state index in [9.17, 15) is 34.6 Å². The maximum Gasteiger partial charge on any atom is 0.434 e. The first-order valence-corrected chi connectivity index (χ1v) is 22.7. The van der Waals surface area contributed by atoms with Crippen LogP contribution in [0.15, 0.2) is 42.7 Å². The van der Waals surface area contributed by atoms with Gasteiger partial charge >= 0.3 is 12.0 Å². The van der Waals surface area contributed by atoms with Gasteiger partial charge in [-0.1, -0.05) is 45.7 Å². The molecule has 1 aliphatic carbocycles. The fourth-order valence-corrected chi connectivity index (χ4v) is 9.74. The number of nitriles is 1. The normalized spacial score (nSPS) is 18.4. The number of ketones is 1. The first kappa shape index (κ1) is 46.7. The molecule has 4 heterocycles. The molecule has 3 aliphatic rings. The first-order valence-electron chi connectivity index (χ1n) is 22.7. The minimum absolute atomic E-state index is 0.00719. The van der Waals surface area contributed by atoms with Gasteiger partial charge in [0.05, 0.1) is 23.7 Å². The molecule has 17 nitrogen and oxygen atoms in total. The number of hydrogen-bond acceptors (Lipinski definition) is 11. The number of aromatic amines is 1. The van der Waals surface area contributed by atoms with Gasteiger partial charge in [0, 0.05) is 85.0 Å². The second kappa shape index (κ2) is 18.3. The number of ether oxygens (including phenoxy) is 1. The molecule has 4 aromatic rings. The lowest BCUT2D eigenvalue weighted by molar-refractivity contribution is -0.396. The second-order valence-electron chi connectivity index (χ2n) is 19.9. The third-order valence-corrected chi connectivity index (χ3v) is 13.2. The SMILES string of the molecule is CCc1cc2c(cc1N1CCN(C(=O)CCCN3C[C@H](NC(=O)[C@H](CCCn4ccnc4[N+](=O)[O-])NC(=O)OC(C)(C)C)C(C)(C)C3)CC1)C(C)(C)c1[nH]c3cc(C#N)ccc3c1C2=O. The van der Waals surface area contributed by atoms with Crippen LogP contribution in [-0.4, -0.2) is 116 Å². The summed E-state index contributed by atoms with van der Waals surface area (Å²) in [6, 6.07) is 10.7. The van der Waals surface area contributed by atoms with Crippen LogP contribution in [0.1, 0.15) is 119 Å². The monoisotopic (exact) mass is 890 g/mol. The predicted octanol–water partition coefficient (Wildman–Crippen LogP) is 6.21. The Labute approximate surface area is 380 Å². The predicted molar refractivity (Wildman–Crippen MR) is 246 cm³/mol. The minimum Gasteiger partial charge on any atom is -0.444 e. The molecule has 65 heavy (non-hydrogen) atoms. The van der Waals surface area contributed by atoms with Gasteiger partial charge < -0.3 is 45.2 Å². The average Bonchev–Trinajstić information content (AvgIpc) is 3.96. The van der Waals surface area contributed by atoms with E-state index in [4.69, 9.17) is 4.74 Å². The molecule has 0 saturated carbocycles. The Morgan fingerprint density at radius 1 is 1.08 bits per heavy atom. The van der Waals surface area contributed by atoms with E-state index in [1.54, 1.807) is 32.9 Å². The highest BCUT2D eigenvalue weighted by Gasteiger charge is 2.42. The molecular formula is C48H62N10O7. The summed E-state index contributed by atoms with van der Waals surface area (Å²) < 4.78 is 6.85. The Kier molecular flexibility index (Phi) is 13.2. The summed E-state index contributed by atoms with van der Waals surface area (Å²) in [6.07, 6.45) is 4.55. The molecule has 2 fully saturated rings. The van der Waals surface area contributed by atoms with Crippen molar-refractivity contribution in [2.45, 2.75) is 117 Å². The fourth-order valence-electron chi connectivity index (χ4n) is 9.74. The van der Waals surface area contributed by atoms with Crippen molar-refractivity contribution in [3.8, 4) is 6.07 Å². The lowest BCUT2D eigenvalue weighted by Gasteiger charge is -2.39. The van der Waals surface area contributed by atoms with Crippen LogP contribution >= 0.6 is 0 Å². The van der Waals surface area contributed by atoms with Crippen molar-refractivity contribution in [2.24, 2.45) is 5.41 Å². The molecule has 2 saturated heterocycles. The van der Waals surface area contributed by atoms with Crippen LogP contribution in [0.3, 0.4) is 0 Å². The van der Waals surface area contributed by atoms with Crippen molar-refractivity contribution < 1.29 is 28.8 Å². The van der Waals surface area contributed by atoms with Crippen LogP contribution in [0.5, 0.6) is 0 Å². The molecule has 2 aromatic carbocycles. The number of aromatic nitrogens is 3. The van der Waals surface area contributed by atoms with E-state index in [0.717, 1.165) is 39.8 Å². The molecule has 0 bridgehead atoms. The number of hydrogen-bond donors (Lipinski definition) is 3. The van der Waals surface area contributed by atoms with Gasteiger partial charge in [-0.15, -0.1) is 0 Å². The van der Waals surface area contributed by atoms with E-state index in [1.807, 2.05) is 11.0 Å². The summed E-state index contributed by atoms with van der Waals surface area (Å²) in [6.45, 7) is 20.5. The fraction of sp³-hybridized carbons (Fsp3) is 0.542. The van der Waals surface area contributed by atoms with Crippen molar-refractivity contribution in [1.29, 1.82) is 5.26 Å². The van der Waals surface area contributed by atoms with Crippen LogP contribution in [0, 0.1) is 26.9 Å². The summed E-state index contributed by atoms with van der Waals surface area (Å²) in [5.74, 6) is -0.538. The van der Waals surface area contributed by atoms with Crippen LogP contribution in [-0.2, 0) is 32.7 Å². The Bertz CT molecular complexity index is 2540. The van der Waals surface area contributed by atoms with Crippen LogP contribution in [0.2, 0.25) is 0 Å². The highest BCUT2D eigenvalue weighted by molar-refractivity contribution is 6.20. The summed E-state index contributed by atoms with van der Waals surface area (Å²) in [7, 11) is 0. The zero-order chi connectivity index (χ0) is 47.0. The average molecular weight is 891 g/mol. The summed E-state index contributed by atoms with van der Waals surface area (Å²) >= 11 is 0. The molecule has 346 valence electrons. The molecule has 0 unspecified atom stereocenters. The van der Waals surface area contributed by atoms with Gasteiger partial charge in [-0.2, -0.15) is 5.26 Å². The number of rotatable bonds is 14. The van der Waals surface area contributed by atoms with E-state index in [1.165, 1.54) is 17.0 Å². The Balaban J connectivity index is 0.923. The lowest BCUT2D eigenvalue weighted by atomic mass is 9.70. The van der Waals surface area contributed by atoms with Gasteiger partial charge in [-0.05, 0) is 98.7 Å². The number of imidazole rings is 1. The van der Waals surface area contributed by atoms with E-state index >= 15 is 0 Å². The number of benzene rings is 2. The third kappa shape index (κ3) is 9.87. The third-order valence-electron chi connectivity index (χ3n) is 13.2. The highest BCUT2D eigenvalue weighted by atomic mass is 16.6. The number of likely N-dealkylation sites (tertiary alicyclic amines) is 1. The summed E-state index contributed by atoms with van der Waals surface area (Å²) in [4.78, 5) is 78.9. The number of aryl methyl sites for hydroxylation is 2. The number of carbonyl (C=O) groups excluding carboxylic acids is 4. The van der Waals surface area contributed by atoms with Gasteiger partial charge in [0.1, 0.15) is 24.0 Å². The molecule has 17 heteroatoms. The summed E-state index contributed by atoms with van der Waals surface area (Å²) in [5, 5.41) is 27.5. The molecular weight excluding hydrogens is 829 g/mol. The number of amides is 3. The second-order valence-corrected chi connectivity index (χ2v) is 19.9. The molecule has 7 rings (SSSR count). The van der Waals surface area contributed by atoms with Gasteiger partial charge in [0.15, 0.2) is 5.78 Å². The highest BCUT2D eigenvalue weighted by Crippen LogP contribution is 2.46. The van der Waals surface area contributed by atoms with E-state index in [-0.39, 0.29) is 48.0 Å². The van der Waals surface area contributed by atoms with Gasteiger partial charge in [0.25, 0.3) is 0 Å². The minimum atomic E-state index is -0.929. The standard InChI is InChI=1S/C48H62N10O7/c1-9-31-25-33-34(48(7,8)42-40(41(33)60)32-15-14-30(27-49)24-36(32)51-42)26-37(31)55-20-22-56(23-21-55)39(59)13-11-17-54-28-38(47(5,6)29-54)53-43(61)35(52-45(62)65-46(2,3)4)12-10-18-57-19-16-50-44(57)58(63)64/h14-16,19,24-26,35,38,51H,9-13,17-18,20-23,28-29H2,1-8H3,(H,52,62)(H,53,61)/t35-,38-/m0/s1. The number of fused-ring (bicyclic) bond motifs is 4. The number of nitro groups is 1. The van der Waals surface area contributed by atoms with E-state index < -0.39 is 28.1 Å². The number of nitrogens with one attached hydrogen (secondary N) is 3. The maximum absolute atomic E-state index is 14.1. The smallest absolute Gasteiger partial charge is 0.434 e.